The number of hydrogen-bond acceptors (Lipinski definition) is 3. The molecule has 1 fully saturated rings. The van der Waals surface area contributed by atoms with Crippen molar-refractivity contribution in [2.24, 2.45) is 5.73 Å². The van der Waals surface area contributed by atoms with Gasteiger partial charge in [-0.2, -0.15) is 0 Å². The minimum atomic E-state index is -0.423. The predicted molar refractivity (Wildman–Crippen MR) is 60.7 cm³/mol. The average molecular weight is 220 g/mol. The van der Waals surface area contributed by atoms with Gasteiger partial charge in [0.25, 0.3) is 0 Å². The van der Waals surface area contributed by atoms with Crippen molar-refractivity contribution in [3.8, 4) is 0 Å². The van der Waals surface area contributed by atoms with E-state index in [9.17, 15) is 4.79 Å². The third-order valence-corrected chi connectivity index (χ3v) is 2.75. The summed E-state index contributed by atoms with van der Waals surface area (Å²) in [6.07, 6.45) is 0.927. The summed E-state index contributed by atoms with van der Waals surface area (Å²) in [6, 6.07) is 9.32. The number of carbonyl (C=O) groups excluding carboxylic acids is 1. The second-order valence-electron chi connectivity index (χ2n) is 3.97. The number of amides is 1. The van der Waals surface area contributed by atoms with E-state index in [1.807, 2.05) is 30.3 Å². The molecular formula is C12H16N2O2. The first kappa shape index (κ1) is 11.1. The van der Waals surface area contributed by atoms with Crippen LogP contribution in [0, 0.1) is 0 Å². The van der Waals surface area contributed by atoms with Gasteiger partial charge in [0.15, 0.2) is 0 Å². The normalized spacial score (nSPS) is 21.9. The fourth-order valence-corrected chi connectivity index (χ4v) is 1.89. The minimum Gasteiger partial charge on any atom is -0.380 e. The molecule has 0 aromatic heterocycles. The van der Waals surface area contributed by atoms with E-state index in [1.165, 1.54) is 0 Å². The van der Waals surface area contributed by atoms with Gasteiger partial charge in [0.05, 0.1) is 6.61 Å². The fraction of sp³-hybridized carbons (Fsp3) is 0.417. The van der Waals surface area contributed by atoms with Gasteiger partial charge in [0.1, 0.15) is 6.04 Å². The molecule has 0 saturated carbocycles. The first-order chi connectivity index (χ1) is 7.77. The molecule has 1 saturated heterocycles. The van der Waals surface area contributed by atoms with Crippen LogP contribution in [0.15, 0.2) is 30.3 Å². The smallest absolute Gasteiger partial charge is 0.239 e. The van der Waals surface area contributed by atoms with Crippen molar-refractivity contribution in [1.29, 1.82) is 0 Å². The molecule has 0 spiro atoms. The van der Waals surface area contributed by atoms with Crippen LogP contribution in [0.3, 0.4) is 0 Å². The van der Waals surface area contributed by atoms with Crippen molar-refractivity contribution in [2.45, 2.75) is 18.5 Å². The van der Waals surface area contributed by atoms with Gasteiger partial charge < -0.3 is 10.5 Å². The monoisotopic (exact) mass is 220 g/mol. The molecule has 2 rings (SSSR count). The van der Waals surface area contributed by atoms with E-state index in [0.717, 1.165) is 18.6 Å². The molecule has 1 heterocycles. The van der Waals surface area contributed by atoms with Crippen LogP contribution < -0.4 is 11.1 Å². The molecule has 16 heavy (non-hydrogen) atoms. The first-order valence-electron chi connectivity index (χ1n) is 5.45. The maximum Gasteiger partial charge on any atom is 0.239 e. The summed E-state index contributed by atoms with van der Waals surface area (Å²) in [6.45, 7) is 1.40. The van der Waals surface area contributed by atoms with Gasteiger partial charge in [-0.1, -0.05) is 30.3 Å². The highest BCUT2D eigenvalue weighted by Crippen LogP contribution is 2.15. The van der Waals surface area contributed by atoms with Crippen LogP contribution in [0.5, 0.6) is 0 Å². The van der Waals surface area contributed by atoms with E-state index in [0.29, 0.717) is 6.61 Å². The Hall–Kier alpha value is -1.39. The third kappa shape index (κ3) is 2.59. The van der Waals surface area contributed by atoms with E-state index in [-0.39, 0.29) is 11.9 Å². The third-order valence-electron chi connectivity index (χ3n) is 2.75. The van der Waals surface area contributed by atoms with Crippen LogP contribution in [0.1, 0.15) is 18.0 Å². The Balaban J connectivity index is 2.08. The van der Waals surface area contributed by atoms with Crippen molar-refractivity contribution in [1.82, 2.24) is 5.32 Å². The molecule has 1 aliphatic heterocycles. The molecule has 1 aromatic rings. The molecule has 2 unspecified atom stereocenters. The van der Waals surface area contributed by atoms with Crippen LogP contribution >= 0.6 is 0 Å². The Kier molecular flexibility index (Phi) is 3.54. The zero-order chi connectivity index (χ0) is 11.4. The lowest BCUT2D eigenvalue weighted by molar-refractivity contribution is -0.120. The summed E-state index contributed by atoms with van der Waals surface area (Å²) in [7, 11) is 0. The van der Waals surface area contributed by atoms with E-state index in [2.05, 4.69) is 5.32 Å². The Morgan fingerprint density at radius 1 is 1.44 bits per heavy atom. The number of nitrogens with one attached hydrogen (secondary N) is 1. The molecule has 1 amide bonds. The number of ether oxygens (including phenoxy) is 1. The largest absolute Gasteiger partial charge is 0.380 e. The average Bonchev–Trinajstić information content (AvgIpc) is 2.79. The molecular weight excluding hydrogens is 204 g/mol. The van der Waals surface area contributed by atoms with Crippen LogP contribution in [0.4, 0.5) is 0 Å². The fourth-order valence-electron chi connectivity index (χ4n) is 1.89. The lowest BCUT2D eigenvalue weighted by atomic mass is 10.1. The van der Waals surface area contributed by atoms with Crippen molar-refractivity contribution in [3.63, 3.8) is 0 Å². The quantitative estimate of drug-likeness (QED) is 0.780. The summed E-state index contributed by atoms with van der Waals surface area (Å²) < 4.78 is 5.26. The molecule has 4 heteroatoms. The van der Waals surface area contributed by atoms with E-state index in [4.69, 9.17) is 10.5 Å². The molecule has 4 nitrogen and oxygen atoms in total. The van der Waals surface area contributed by atoms with Gasteiger partial charge in [0, 0.05) is 12.6 Å². The summed E-state index contributed by atoms with van der Waals surface area (Å²) in [4.78, 5) is 11.4. The Labute approximate surface area is 94.8 Å². The Morgan fingerprint density at radius 2 is 2.19 bits per heavy atom. The molecule has 2 atom stereocenters. The van der Waals surface area contributed by atoms with Gasteiger partial charge in [-0.25, -0.2) is 0 Å². The van der Waals surface area contributed by atoms with Gasteiger partial charge in [-0.3, -0.25) is 10.1 Å². The lowest BCUT2D eigenvalue weighted by Crippen LogP contribution is -2.40. The zero-order valence-corrected chi connectivity index (χ0v) is 9.06. The Bertz CT molecular complexity index is 347. The van der Waals surface area contributed by atoms with Crippen LogP contribution in [-0.2, 0) is 9.53 Å². The van der Waals surface area contributed by atoms with Crippen molar-refractivity contribution >= 4 is 5.91 Å². The number of nitrogens with two attached hydrogens (primary N) is 1. The Morgan fingerprint density at radius 3 is 2.75 bits per heavy atom. The highest BCUT2D eigenvalue weighted by molar-refractivity contribution is 5.81. The van der Waals surface area contributed by atoms with Crippen LogP contribution in [0.2, 0.25) is 0 Å². The maximum absolute atomic E-state index is 11.4. The number of hydrogen-bond donors (Lipinski definition) is 2. The van der Waals surface area contributed by atoms with E-state index >= 15 is 0 Å². The van der Waals surface area contributed by atoms with Crippen LogP contribution in [0.25, 0.3) is 0 Å². The highest BCUT2D eigenvalue weighted by atomic mass is 16.5. The predicted octanol–water partition coefficient (Wildman–Crippen LogP) is 0.591. The number of primary amides is 1. The lowest BCUT2D eigenvalue weighted by Gasteiger charge is -2.19. The number of benzene rings is 1. The van der Waals surface area contributed by atoms with Gasteiger partial charge >= 0.3 is 0 Å². The molecule has 1 aromatic carbocycles. The van der Waals surface area contributed by atoms with Gasteiger partial charge in [-0.05, 0) is 12.0 Å². The standard InChI is InChI=1S/C12H16N2O2/c13-12(15)11(9-4-2-1-3-5-9)14-10-6-7-16-8-10/h1-5,10-11,14H,6-8H2,(H2,13,15). The van der Waals surface area contributed by atoms with Gasteiger partial charge in [-0.15, -0.1) is 0 Å². The molecule has 3 N–H and O–H groups in total. The summed E-state index contributed by atoms with van der Waals surface area (Å²) in [5.74, 6) is -0.349. The van der Waals surface area contributed by atoms with Crippen molar-refractivity contribution in [2.75, 3.05) is 13.2 Å². The zero-order valence-electron chi connectivity index (χ0n) is 9.06. The van der Waals surface area contributed by atoms with E-state index in [1.54, 1.807) is 0 Å². The highest BCUT2D eigenvalue weighted by Gasteiger charge is 2.23. The van der Waals surface area contributed by atoms with Gasteiger partial charge in [0.2, 0.25) is 5.91 Å². The molecule has 1 aliphatic rings. The van der Waals surface area contributed by atoms with E-state index < -0.39 is 6.04 Å². The topological polar surface area (TPSA) is 64.4 Å². The van der Waals surface area contributed by atoms with Crippen molar-refractivity contribution < 1.29 is 9.53 Å². The van der Waals surface area contributed by atoms with Crippen LogP contribution in [-0.4, -0.2) is 25.2 Å². The maximum atomic E-state index is 11.4. The number of carbonyl (C=O) groups is 1. The second-order valence-corrected chi connectivity index (χ2v) is 3.97. The summed E-state index contributed by atoms with van der Waals surface area (Å²) in [5.41, 5.74) is 6.31. The second kappa shape index (κ2) is 5.09. The number of rotatable bonds is 4. The molecule has 0 radical (unpaired) electrons. The molecule has 0 aliphatic carbocycles. The molecule has 86 valence electrons. The first-order valence-corrected chi connectivity index (χ1v) is 5.45. The summed E-state index contributed by atoms with van der Waals surface area (Å²) >= 11 is 0. The van der Waals surface area contributed by atoms with Crippen molar-refractivity contribution in [3.05, 3.63) is 35.9 Å². The summed E-state index contributed by atoms with van der Waals surface area (Å²) in [5, 5.41) is 3.23. The molecule has 0 bridgehead atoms. The SMILES string of the molecule is NC(=O)C(NC1CCOC1)c1ccccc1. The minimum absolute atomic E-state index is 0.220.